The second-order valence-electron chi connectivity index (χ2n) is 4.70. The Morgan fingerprint density at radius 1 is 1.09 bits per heavy atom. The number of hydrogen-bond donors (Lipinski definition) is 0. The van der Waals surface area contributed by atoms with Crippen molar-refractivity contribution in [3.63, 3.8) is 0 Å². The standard InChI is InChI=1S/C15H9BrF3NOS/c16-9-5-11(18)14(12(19)6-9)20-13(21)7-22-15(20)8-1-3-10(17)4-2-8/h1-6,15H,7H2. The number of nitrogens with zero attached hydrogens (tertiary/aromatic N) is 1. The first-order chi connectivity index (χ1) is 10.5. The molecule has 2 aromatic rings. The highest BCUT2D eigenvalue weighted by atomic mass is 79.9. The number of carbonyl (C=O) groups is 1. The van der Waals surface area contributed by atoms with Crippen molar-refractivity contribution in [3.05, 3.63) is 63.9 Å². The van der Waals surface area contributed by atoms with E-state index in [1.807, 2.05) is 0 Å². The van der Waals surface area contributed by atoms with E-state index in [2.05, 4.69) is 15.9 Å². The Kier molecular flexibility index (Phi) is 4.18. The first kappa shape index (κ1) is 15.4. The van der Waals surface area contributed by atoms with E-state index in [9.17, 15) is 18.0 Å². The predicted octanol–water partition coefficient (Wildman–Crippen LogP) is 4.65. The van der Waals surface area contributed by atoms with Gasteiger partial charge in [0, 0.05) is 4.47 Å². The number of thioether (sulfide) groups is 1. The molecule has 1 amide bonds. The van der Waals surface area contributed by atoms with Gasteiger partial charge in [-0.15, -0.1) is 11.8 Å². The number of amides is 1. The Morgan fingerprint density at radius 3 is 2.27 bits per heavy atom. The van der Waals surface area contributed by atoms with Crippen molar-refractivity contribution in [2.75, 3.05) is 10.7 Å². The molecule has 7 heteroatoms. The molecular weight excluding hydrogens is 379 g/mol. The molecule has 1 fully saturated rings. The summed E-state index contributed by atoms with van der Waals surface area (Å²) in [5, 5.41) is -0.585. The summed E-state index contributed by atoms with van der Waals surface area (Å²) in [5.41, 5.74) is 0.228. The summed E-state index contributed by atoms with van der Waals surface area (Å²) in [7, 11) is 0. The van der Waals surface area contributed by atoms with Gasteiger partial charge in [-0.2, -0.15) is 0 Å². The Hall–Kier alpha value is -1.47. The lowest BCUT2D eigenvalue weighted by Crippen LogP contribution is -2.29. The summed E-state index contributed by atoms with van der Waals surface area (Å²) in [5.74, 6) is -2.34. The van der Waals surface area contributed by atoms with E-state index in [4.69, 9.17) is 0 Å². The zero-order chi connectivity index (χ0) is 15.9. The van der Waals surface area contributed by atoms with Crippen LogP contribution in [-0.2, 0) is 4.79 Å². The van der Waals surface area contributed by atoms with E-state index >= 15 is 0 Å². The minimum absolute atomic E-state index is 0.108. The van der Waals surface area contributed by atoms with E-state index in [0.717, 1.165) is 17.0 Å². The van der Waals surface area contributed by atoms with Gasteiger partial charge in [-0.05, 0) is 29.8 Å². The summed E-state index contributed by atoms with van der Waals surface area (Å²) in [6.07, 6.45) is 0. The number of rotatable bonds is 2. The average molecular weight is 388 g/mol. The molecule has 1 atom stereocenters. The highest BCUT2D eigenvalue weighted by Crippen LogP contribution is 2.43. The Bertz CT molecular complexity index is 715. The van der Waals surface area contributed by atoms with Gasteiger partial charge >= 0.3 is 0 Å². The SMILES string of the molecule is O=C1CSC(c2ccc(F)cc2)N1c1c(F)cc(Br)cc1F. The van der Waals surface area contributed by atoms with Crippen LogP contribution in [0.2, 0.25) is 0 Å². The fourth-order valence-corrected chi connectivity index (χ4v) is 3.87. The van der Waals surface area contributed by atoms with Crippen LogP contribution in [-0.4, -0.2) is 11.7 Å². The molecule has 0 radical (unpaired) electrons. The van der Waals surface area contributed by atoms with Crippen LogP contribution < -0.4 is 4.90 Å². The van der Waals surface area contributed by atoms with Crippen LogP contribution >= 0.6 is 27.7 Å². The molecule has 0 aliphatic carbocycles. The topological polar surface area (TPSA) is 20.3 Å². The maximum Gasteiger partial charge on any atom is 0.238 e. The van der Waals surface area contributed by atoms with Crippen molar-refractivity contribution in [1.82, 2.24) is 0 Å². The van der Waals surface area contributed by atoms with Gasteiger partial charge < -0.3 is 0 Å². The lowest BCUT2D eigenvalue weighted by molar-refractivity contribution is -0.115. The summed E-state index contributed by atoms with van der Waals surface area (Å²) in [4.78, 5) is 13.2. The Morgan fingerprint density at radius 2 is 1.68 bits per heavy atom. The molecule has 1 unspecified atom stereocenters. The molecular formula is C15H9BrF3NOS. The van der Waals surface area contributed by atoms with Gasteiger partial charge in [0.15, 0.2) is 11.6 Å². The minimum atomic E-state index is -0.824. The molecule has 2 nitrogen and oxygen atoms in total. The van der Waals surface area contributed by atoms with Crippen molar-refractivity contribution in [1.29, 1.82) is 0 Å². The summed E-state index contributed by atoms with van der Waals surface area (Å²) in [6, 6.07) is 7.74. The second kappa shape index (κ2) is 5.96. The number of hydrogen-bond acceptors (Lipinski definition) is 2. The molecule has 0 bridgehead atoms. The third-order valence-corrected chi connectivity index (χ3v) is 4.92. The van der Waals surface area contributed by atoms with Gasteiger partial charge in [0.1, 0.15) is 16.9 Å². The quantitative estimate of drug-likeness (QED) is 0.747. The third kappa shape index (κ3) is 2.75. The van der Waals surface area contributed by atoms with Crippen LogP contribution in [0.4, 0.5) is 18.9 Å². The van der Waals surface area contributed by atoms with Crippen molar-refractivity contribution < 1.29 is 18.0 Å². The smallest absolute Gasteiger partial charge is 0.238 e. The molecule has 0 aromatic heterocycles. The van der Waals surface area contributed by atoms with E-state index in [0.29, 0.717) is 5.56 Å². The lowest BCUT2D eigenvalue weighted by atomic mass is 10.1. The molecule has 22 heavy (non-hydrogen) atoms. The Balaban J connectivity index is 2.07. The maximum atomic E-state index is 14.2. The molecule has 3 rings (SSSR count). The van der Waals surface area contributed by atoms with Crippen molar-refractivity contribution >= 4 is 39.3 Å². The summed E-state index contributed by atoms with van der Waals surface area (Å²) in [6.45, 7) is 0. The lowest BCUT2D eigenvalue weighted by Gasteiger charge is -2.25. The monoisotopic (exact) mass is 387 g/mol. The molecule has 114 valence electrons. The largest absolute Gasteiger partial charge is 0.290 e. The highest BCUT2D eigenvalue weighted by Gasteiger charge is 2.37. The van der Waals surface area contributed by atoms with Crippen LogP contribution in [0, 0.1) is 17.5 Å². The minimum Gasteiger partial charge on any atom is -0.290 e. The maximum absolute atomic E-state index is 14.2. The van der Waals surface area contributed by atoms with Crippen molar-refractivity contribution in [3.8, 4) is 0 Å². The summed E-state index contributed by atoms with van der Waals surface area (Å²) < 4.78 is 41.6. The highest BCUT2D eigenvalue weighted by molar-refractivity contribution is 9.10. The van der Waals surface area contributed by atoms with Crippen LogP contribution in [0.3, 0.4) is 0 Å². The molecule has 1 saturated heterocycles. The van der Waals surface area contributed by atoms with Crippen LogP contribution in [0.5, 0.6) is 0 Å². The van der Waals surface area contributed by atoms with Gasteiger partial charge in [0.25, 0.3) is 0 Å². The van der Waals surface area contributed by atoms with Crippen LogP contribution in [0.25, 0.3) is 0 Å². The van der Waals surface area contributed by atoms with E-state index in [1.165, 1.54) is 36.0 Å². The fraction of sp³-hybridized carbons (Fsp3) is 0.133. The molecule has 1 aliphatic heterocycles. The molecule has 2 aromatic carbocycles. The van der Waals surface area contributed by atoms with E-state index < -0.39 is 22.8 Å². The van der Waals surface area contributed by atoms with Gasteiger partial charge in [0.2, 0.25) is 5.91 Å². The van der Waals surface area contributed by atoms with Gasteiger partial charge in [-0.1, -0.05) is 28.1 Å². The average Bonchev–Trinajstić information content (AvgIpc) is 2.81. The molecule has 1 heterocycles. The number of benzene rings is 2. The number of anilines is 1. The molecule has 0 saturated carbocycles. The molecule has 0 spiro atoms. The normalized spacial score (nSPS) is 18.1. The van der Waals surface area contributed by atoms with Gasteiger partial charge in [-0.25, -0.2) is 13.2 Å². The van der Waals surface area contributed by atoms with Gasteiger partial charge in [-0.3, -0.25) is 9.69 Å². The molecule has 1 aliphatic rings. The zero-order valence-electron chi connectivity index (χ0n) is 11.0. The second-order valence-corrected chi connectivity index (χ2v) is 6.68. The predicted molar refractivity (Wildman–Crippen MR) is 83.1 cm³/mol. The van der Waals surface area contributed by atoms with Crippen molar-refractivity contribution in [2.24, 2.45) is 0 Å². The number of halogens is 4. The summed E-state index contributed by atoms with van der Waals surface area (Å²) >= 11 is 4.25. The fourth-order valence-electron chi connectivity index (χ4n) is 2.30. The molecule has 0 N–H and O–H groups in total. The zero-order valence-corrected chi connectivity index (χ0v) is 13.4. The van der Waals surface area contributed by atoms with Crippen molar-refractivity contribution in [2.45, 2.75) is 5.37 Å². The first-order valence-electron chi connectivity index (χ1n) is 6.31. The number of carbonyl (C=O) groups excluding carboxylic acids is 1. The first-order valence-corrected chi connectivity index (χ1v) is 8.15. The van der Waals surface area contributed by atoms with Gasteiger partial charge in [0.05, 0.1) is 5.75 Å². The van der Waals surface area contributed by atoms with Crippen LogP contribution in [0.1, 0.15) is 10.9 Å². The third-order valence-electron chi connectivity index (χ3n) is 3.25. The van der Waals surface area contributed by atoms with Crippen LogP contribution in [0.15, 0.2) is 40.9 Å². The van der Waals surface area contributed by atoms with E-state index in [-0.39, 0.29) is 21.8 Å². The Labute approximate surface area is 137 Å². The van der Waals surface area contributed by atoms with E-state index in [1.54, 1.807) is 0 Å².